The van der Waals surface area contributed by atoms with Gasteiger partial charge in [-0.1, -0.05) is 27.4 Å². The van der Waals surface area contributed by atoms with Crippen molar-refractivity contribution < 1.29 is 14.6 Å². The number of rotatable bonds is 6. The van der Waals surface area contributed by atoms with Crippen LogP contribution in [-0.2, 0) is 9.53 Å². The van der Waals surface area contributed by atoms with E-state index in [2.05, 4.69) is 11.6 Å². The molecule has 92 valence electrons. The minimum atomic E-state index is -0.910. The molecule has 0 spiro atoms. The van der Waals surface area contributed by atoms with Gasteiger partial charge < -0.3 is 9.84 Å². The van der Waals surface area contributed by atoms with Crippen LogP contribution in [0, 0.1) is 11.8 Å². The van der Waals surface area contributed by atoms with E-state index in [1.54, 1.807) is 7.05 Å². The lowest BCUT2D eigenvalue weighted by Crippen LogP contribution is -2.24. The van der Waals surface area contributed by atoms with Crippen molar-refractivity contribution in [2.75, 3.05) is 7.05 Å². The molecule has 0 aliphatic rings. The summed E-state index contributed by atoms with van der Waals surface area (Å²) in [5, 5.41) is 9.05. The maximum Gasteiger partial charge on any atom is 0.314 e. The van der Waals surface area contributed by atoms with Crippen LogP contribution in [0.3, 0.4) is 0 Å². The maximum atomic E-state index is 11.0. The fourth-order valence-electron chi connectivity index (χ4n) is 1.43. The molecule has 0 heterocycles. The van der Waals surface area contributed by atoms with Crippen molar-refractivity contribution in [3.05, 3.63) is 12.3 Å². The first-order valence-corrected chi connectivity index (χ1v) is 5.49. The van der Waals surface area contributed by atoms with Crippen molar-refractivity contribution >= 4 is 11.9 Å². The van der Waals surface area contributed by atoms with Gasteiger partial charge in [-0.05, 0) is 12.3 Å². The standard InChI is InChI=1S/C12H21NO3/c1-6-7-10(13-5)16-9(4)11(8(2)3)12(14)15/h8,11H,4,6-7H2,1-3,5H3,(H,14,15)/b13-10-. The first-order chi connectivity index (χ1) is 7.43. The van der Waals surface area contributed by atoms with Crippen molar-refractivity contribution in [3.63, 3.8) is 0 Å². The molecule has 1 N–H and O–H groups in total. The van der Waals surface area contributed by atoms with E-state index in [-0.39, 0.29) is 11.7 Å². The van der Waals surface area contributed by atoms with E-state index < -0.39 is 11.9 Å². The van der Waals surface area contributed by atoms with Crippen LogP contribution in [0.15, 0.2) is 17.3 Å². The summed E-state index contributed by atoms with van der Waals surface area (Å²) in [4.78, 5) is 15.0. The van der Waals surface area contributed by atoms with Crippen molar-refractivity contribution in [1.82, 2.24) is 0 Å². The van der Waals surface area contributed by atoms with Gasteiger partial charge in [-0.15, -0.1) is 0 Å². The number of aliphatic imine (C=N–C) groups is 1. The first-order valence-electron chi connectivity index (χ1n) is 5.49. The van der Waals surface area contributed by atoms with Crippen LogP contribution in [-0.4, -0.2) is 24.0 Å². The number of nitrogens with zero attached hydrogens (tertiary/aromatic N) is 1. The van der Waals surface area contributed by atoms with Crippen LogP contribution >= 0.6 is 0 Å². The zero-order chi connectivity index (χ0) is 12.7. The number of carboxylic acids is 1. The second kappa shape index (κ2) is 7.04. The van der Waals surface area contributed by atoms with Gasteiger partial charge in [-0.25, -0.2) is 0 Å². The van der Waals surface area contributed by atoms with Gasteiger partial charge in [0.05, 0.1) is 0 Å². The van der Waals surface area contributed by atoms with E-state index >= 15 is 0 Å². The van der Waals surface area contributed by atoms with Gasteiger partial charge in [0, 0.05) is 13.5 Å². The van der Waals surface area contributed by atoms with Gasteiger partial charge >= 0.3 is 5.97 Å². The normalized spacial score (nSPS) is 13.7. The lowest BCUT2D eigenvalue weighted by atomic mass is 9.94. The molecule has 0 aliphatic carbocycles. The molecule has 1 unspecified atom stereocenters. The summed E-state index contributed by atoms with van der Waals surface area (Å²) in [6, 6.07) is 0. The Hall–Kier alpha value is -1.32. The number of carboxylic acid groups (broad SMARTS) is 1. The molecule has 1 atom stereocenters. The lowest BCUT2D eigenvalue weighted by molar-refractivity contribution is -0.142. The lowest BCUT2D eigenvalue weighted by Gasteiger charge is -2.19. The zero-order valence-corrected chi connectivity index (χ0v) is 10.5. The molecule has 0 aromatic carbocycles. The van der Waals surface area contributed by atoms with E-state index in [4.69, 9.17) is 9.84 Å². The summed E-state index contributed by atoms with van der Waals surface area (Å²) in [7, 11) is 1.63. The number of aliphatic carboxylic acids is 1. The van der Waals surface area contributed by atoms with E-state index in [0.717, 1.165) is 6.42 Å². The molecule has 0 radical (unpaired) electrons. The molecule has 0 saturated heterocycles. The van der Waals surface area contributed by atoms with Crippen molar-refractivity contribution in [2.24, 2.45) is 16.8 Å². The zero-order valence-electron chi connectivity index (χ0n) is 10.5. The van der Waals surface area contributed by atoms with Gasteiger partial charge in [-0.2, -0.15) is 0 Å². The highest BCUT2D eigenvalue weighted by molar-refractivity contribution is 5.79. The van der Waals surface area contributed by atoms with Crippen LogP contribution in [0.4, 0.5) is 0 Å². The van der Waals surface area contributed by atoms with Crippen LogP contribution < -0.4 is 0 Å². The summed E-state index contributed by atoms with van der Waals surface area (Å²) < 4.78 is 5.40. The van der Waals surface area contributed by atoms with Gasteiger partial charge in [0.15, 0.2) is 5.90 Å². The van der Waals surface area contributed by atoms with Crippen molar-refractivity contribution in [1.29, 1.82) is 0 Å². The first kappa shape index (κ1) is 14.7. The Morgan fingerprint density at radius 3 is 2.38 bits per heavy atom. The molecule has 4 heteroatoms. The summed E-state index contributed by atoms with van der Waals surface area (Å²) in [6.45, 7) is 9.35. The average Bonchev–Trinajstić information content (AvgIpc) is 2.15. The predicted molar refractivity (Wildman–Crippen MR) is 64.5 cm³/mol. The molecule has 0 bridgehead atoms. The van der Waals surface area contributed by atoms with E-state index in [9.17, 15) is 4.79 Å². The molecule has 0 amide bonds. The molecular weight excluding hydrogens is 206 g/mol. The fourth-order valence-corrected chi connectivity index (χ4v) is 1.43. The largest absolute Gasteiger partial charge is 0.481 e. The Morgan fingerprint density at radius 2 is 2.06 bits per heavy atom. The summed E-state index contributed by atoms with van der Waals surface area (Å²) in [6.07, 6.45) is 1.60. The Morgan fingerprint density at radius 1 is 1.50 bits per heavy atom. The molecule has 0 aliphatic heterocycles. The van der Waals surface area contributed by atoms with E-state index in [1.807, 2.05) is 20.8 Å². The number of hydrogen-bond donors (Lipinski definition) is 1. The minimum absolute atomic E-state index is 0.0512. The van der Waals surface area contributed by atoms with Gasteiger partial charge in [0.25, 0.3) is 0 Å². The van der Waals surface area contributed by atoms with E-state index in [0.29, 0.717) is 12.3 Å². The van der Waals surface area contributed by atoms with Crippen LogP contribution in [0.1, 0.15) is 33.6 Å². The number of hydrogen-bond acceptors (Lipinski definition) is 3. The van der Waals surface area contributed by atoms with Crippen molar-refractivity contribution in [2.45, 2.75) is 33.6 Å². The summed E-state index contributed by atoms with van der Waals surface area (Å²) in [5.41, 5.74) is 0. The smallest absolute Gasteiger partial charge is 0.314 e. The highest BCUT2D eigenvalue weighted by Crippen LogP contribution is 2.21. The highest BCUT2D eigenvalue weighted by atomic mass is 16.5. The number of carbonyl (C=O) groups is 1. The summed E-state index contributed by atoms with van der Waals surface area (Å²) >= 11 is 0. The third-order valence-corrected chi connectivity index (χ3v) is 2.24. The third kappa shape index (κ3) is 4.47. The highest BCUT2D eigenvalue weighted by Gasteiger charge is 2.26. The van der Waals surface area contributed by atoms with Gasteiger partial charge in [-0.3, -0.25) is 9.79 Å². The second-order valence-electron chi connectivity index (χ2n) is 4.00. The van der Waals surface area contributed by atoms with E-state index in [1.165, 1.54) is 0 Å². The summed E-state index contributed by atoms with van der Waals surface area (Å²) in [5.74, 6) is -0.846. The third-order valence-electron chi connectivity index (χ3n) is 2.24. The Kier molecular flexibility index (Phi) is 6.46. The SMILES string of the molecule is C=C(O/C(CCC)=N\C)C(C(=O)O)C(C)C. The predicted octanol–water partition coefficient (Wildman–Crippen LogP) is 2.70. The molecule has 0 saturated carbocycles. The molecule has 0 rings (SSSR count). The minimum Gasteiger partial charge on any atom is -0.481 e. The molecule has 4 nitrogen and oxygen atoms in total. The number of ether oxygens (including phenoxy) is 1. The maximum absolute atomic E-state index is 11.0. The van der Waals surface area contributed by atoms with Crippen LogP contribution in [0.25, 0.3) is 0 Å². The Bertz CT molecular complexity index is 282. The van der Waals surface area contributed by atoms with Crippen LogP contribution in [0.5, 0.6) is 0 Å². The molecule has 0 aromatic rings. The molecular formula is C12H21NO3. The van der Waals surface area contributed by atoms with Crippen molar-refractivity contribution in [3.8, 4) is 0 Å². The molecule has 0 fully saturated rings. The van der Waals surface area contributed by atoms with Gasteiger partial charge in [0.1, 0.15) is 11.7 Å². The second-order valence-corrected chi connectivity index (χ2v) is 4.00. The monoisotopic (exact) mass is 227 g/mol. The topological polar surface area (TPSA) is 58.9 Å². The molecule has 16 heavy (non-hydrogen) atoms. The Balaban J connectivity index is 4.59. The quantitative estimate of drug-likeness (QED) is 0.431. The van der Waals surface area contributed by atoms with Crippen LogP contribution in [0.2, 0.25) is 0 Å². The Labute approximate surface area is 97.0 Å². The fraction of sp³-hybridized carbons (Fsp3) is 0.667. The van der Waals surface area contributed by atoms with Gasteiger partial charge in [0.2, 0.25) is 0 Å². The average molecular weight is 227 g/mol. The molecule has 0 aromatic heterocycles.